The zero-order chi connectivity index (χ0) is 49.3. The molecule has 1 saturated heterocycles. The van der Waals surface area contributed by atoms with Crippen LogP contribution in [0.4, 0.5) is 0 Å². The molecule has 0 spiro atoms. The summed E-state index contributed by atoms with van der Waals surface area (Å²) in [6.07, 6.45) is -4.08. The van der Waals surface area contributed by atoms with Crippen molar-refractivity contribution in [3.63, 3.8) is 0 Å². The maximum absolute atomic E-state index is 14.1. The highest BCUT2D eigenvalue weighted by molar-refractivity contribution is 5.97. The van der Waals surface area contributed by atoms with Crippen molar-refractivity contribution >= 4 is 64.4 Å². The Balaban J connectivity index is 0.0000224. The number of amides is 5. The fourth-order valence-corrected chi connectivity index (χ4v) is 7.35. The van der Waals surface area contributed by atoms with Crippen molar-refractivity contribution in [1.29, 1.82) is 0 Å². The van der Waals surface area contributed by atoms with Crippen LogP contribution < -0.4 is 43.8 Å². The fraction of sp³-hybridized carbons (Fsp3) is 0.622. The maximum atomic E-state index is 14.1. The number of aliphatic imine (C=N–C) groups is 1. The lowest BCUT2D eigenvalue weighted by Gasteiger charge is -2.26. The number of hydrogen-bond acceptors (Lipinski definition) is 14. The van der Waals surface area contributed by atoms with Crippen molar-refractivity contribution in [3.8, 4) is 0 Å². The highest BCUT2D eigenvalue weighted by Crippen LogP contribution is 2.24. The number of nitrogens with zero attached hydrogens (tertiary/aromatic N) is 1. The van der Waals surface area contributed by atoms with Gasteiger partial charge in [0.05, 0.1) is 31.2 Å². The summed E-state index contributed by atoms with van der Waals surface area (Å²) < 4.78 is 0. The zero-order valence-corrected chi connectivity index (χ0v) is 38.2. The number of hydrogen-bond donors (Lipinski definition) is 10. The van der Waals surface area contributed by atoms with Crippen LogP contribution in [0.5, 0.6) is 0 Å². The molecule has 0 radical (unpaired) electrons. The lowest BCUT2D eigenvalue weighted by molar-refractivity contribution is -0.136. The van der Waals surface area contributed by atoms with Crippen LogP contribution in [0, 0.1) is 17.8 Å². The van der Waals surface area contributed by atoms with Gasteiger partial charge in [0.15, 0.2) is 11.7 Å². The molecule has 368 valence electrons. The minimum atomic E-state index is -1.37. The molecule has 1 aromatic carbocycles. The smallest absolute Gasteiger partial charge is 0.243 e. The summed E-state index contributed by atoms with van der Waals surface area (Å²) in [7, 11) is 0. The SMILES string of the molecule is CC(=O)[C@@H](CC(=O)[C@@H]1CCC(=O)NCCCC[C@H](NC(=O)CCC(=O)CN)C(=O)N[C@@H](CCCN=C(N)N)C(=O)N[C@@H](Cc2ccccc2)C(=O)NCC(=O)C[C@@H]([C@@H](C)O)C(=O)C1)[C@@H](C)O.[3HH]. The van der Waals surface area contributed by atoms with Gasteiger partial charge in [-0.25, -0.2) is 0 Å². The van der Waals surface area contributed by atoms with Gasteiger partial charge < -0.3 is 54.0 Å². The van der Waals surface area contributed by atoms with Gasteiger partial charge in [-0.3, -0.25) is 52.9 Å². The van der Waals surface area contributed by atoms with Gasteiger partial charge in [-0.2, -0.15) is 0 Å². The summed E-state index contributed by atoms with van der Waals surface area (Å²) in [4.78, 5) is 137. The predicted molar refractivity (Wildman–Crippen MR) is 244 cm³/mol. The van der Waals surface area contributed by atoms with Crippen molar-refractivity contribution in [2.75, 3.05) is 26.2 Å². The second-order valence-electron chi connectivity index (χ2n) is 16.8. The minimum Gasteiger partial charge on any atom is -0.393 e. The predicted octanol–water partition coefficient (Wildman–Crippen LogP) is -1.44. The molecule has 13 N–H and O–H groups in total. The van der Waals surface area contributed by atoms with Crippen LogP contribution in [0.1, 0.15) is 105 Å². The molecule has 1 aromatic rings. The quantitative estimate of drug-likeness (QED) is 0.0486. The number of ketones is 5. The average Bonchev–Trinajstić information content (AvgIpc) is 3.26. The molecule has 2 rings (SSSR count). The molecule has 1 heterocycles. The Kier molecular flexibility index (Phi) is 25.2. The second-order valence-corrected chi connectivity index (χ2v) is 16.8. The Bertz CT molecular complexity index is 1880. The third-order valence-electron chi connectivity index (χ3n) is 11.3. The summed E-state index contributed by atoms with van der Waals surface area (Å²) in [6.45, 7) is 3.16. The Hall–Kier alpha value is -5.93. The van der Waals surface area contributed by atoms with Crippen molar-refractivity contribution in [2.45, 2.75) is 135 Å². The van der Waals surface area contributed by atoms with E-state index in [2.05, 4.69) is 31.6 Å². The van der Waals surface area contributed by atoms with E-state index in [0.29, 0.717) is 12.0 Å². The highest BCUT2D eigenvalue weighted by Gasteiger charge is 2.34. The Morgan fingerprint density at radius 1 is 0.879 bits per heavy atom. The average molecular weight is 932 g/mol. The second kappa shape index (κ2) is 29.6. The largest absolute Gasteiger partial charge is 0.393 e. The van der Waals surface area contributed by atoms with Gasteiger partial charge in [-0.05, 0) is 64.9 Å². The number of guanidine groups is 1. The number of carbonyl (C=O) groups is 10. The van der Waals surface area contributed by atoms with Crippen LogP contribution in [0.3, 0.4) is 0 Å². The van der Waals surface area contributed by atoms with Crippen molar-refractivity contribution in [2.24, 2.45) is 39.9 Å². The molecular formula is C45H71N9O12. The van der Waals surface area contributed by atoms with Gasteiger partial charge in [0.1, 0.15) is 41.3 Å². The molecule has 1 aliphatic rings. The normalized spacial score (nSPS) is 22.7. The first-order valence-electron chi connectivity index (χ1n) is 22.4. The molecule has 66 heavy (non-hydrogen) atoms. The van der Waals surface area contributed by atoms with Gasteiger partial charge in [0.2, 0.25) is 29.5 Å². The number of aliphatic hydroxyl groups excluding tert-OH is 2. The molecule has 0 saturated carbocycles. The third kappa shape index (κ3) is 21.4. The van der Waals surface area contributed by atoms with Crippen molar-refractivity contribution < 1.29 is 59.6 Å². The van der Waals surface area contributed by atoms with E-state index in [0.717, 1.165) is 0 Å². The topological polar surface area (TPSA) is 362 Å². The summed E-state index contributed by atoms with van der Waals surface area (Å²) in [5.41, 5.74) is 17.0. The van der Waals surface area contributed by atoms with Crippen LogP contribution >= 0.6 is 0 Å². The van der Waals surface area contributed by atoms with E-state index in [9.17, 15) is 58.2 Å². The van der Waals surface area contributed by atoms with Gasteiger partial charge in [0.25, 0.3) is 0 Å². The van der Waals surface area contributed by atoms with Crippen molar-refractivity contribution in [3.05, 3.63) is 35.9 Å². The molecule has 21 heteroatoms. The molecular weight excluding hydrogens is 859 g/mol. The van der Waals surface area contributed by atoms with E-state index in [1.165, 1.54) is 20.8 Å². The number of rotatable bonds is 17. The lowest BCUT2D eigenvalue weighted by Crippen LogP contribution is -2.57. The highest BCUT2D eigenvalue weighted by atomic mass is 16.3. The Morgan fingerprint density at radius 3 is 2.18 bits per heavy atom. The molecule has 1 aliphatic heterocycles. The van der Waals surface area contributed by atoms with E-state index >= 15 is 0 Å². The molecule has 0 bridgehead atoms. The minimum absolute atomic E-state index is 0. The Morgan fingerprint density at radius 2 is 1.56 bits per heavy atom. The number of benzene rings is 1. The number of carbonyl (C=O) groups excluding carboxylic acids is 10. The molecule has 21 nitrogen and oxygen atoms in total. The molecule has 0 unspecified atom stereocenters. The molecule has 0 aliphatic carbocycles. The van der Waals surface area contributed by atoms with Gasteiger partial charge in [-0.15, -0.1) is 0 Å². The van der Waals surface area contributed by atoms with Crippen LogP contribution in [0.25, 0.3) is 0 Å². The number of Topliss-reactive ketones (excluding diaryl/α,β-unsaturated/α-hetero) is 5. The monoisotopic (exact) mass is 932 g/mol. The van der Waals surface area contributed by atoms with Crippen LogP contribution in [0.2, 0.25) is 0 Å². The lowest BCUT2D eigenvalue weighted by atomic mass is 9.81. The standard InChI is InChI=1S/C45H69N9O12.H2/c1-26(55)33(27(2)56)23-38(60)30-14-16-40(62)49-18-8-7-12-35(52-41(63)17-15-31(58)24-46)43(65)53-36(13-9-19-50-45(47)48)44(66)54-37(20-29-10-5-4-6-11-29)42(64)51-25-32(59)22-34(28(3)57)39(61)21-30;/h4-6,10-11,26,28,30,33-37,55,57H,7-9,12-25,46H2,1-3H3,(H,49,62)(H,51,64)(H,52,63)(H,53,65)(H,54,66)(H4,47,48,50);1H/t26-,28-,30-,33+,34+,35+,36+,37+;/m1./s1/i;1+2. The van der Waals surface area contributed by atoms with E-state index < -0.39 is 127 Å². The molecule has 8 atom stereocenters. The summed E-state index contributed by atoms with van der Waals surface area (Å²) in [5.74, 6) is -9.88. The first-order chi connectivity index (χ1) is 31.2. The molecule has 5 amide bonds. The first-order valence-corrected chi connectivity index (χ1v) is 22.4. The van der Waals surface area contributed by atoms with E-state index in [1.807, 2.05) is 0 Å². The van der Waals surface area contributed by atoms with Gasteiger partial charge in [0, 0.05) is 71.3 Å². The third-order valence-corrected chi connectivity index (χ3v) is 11.3. The van der Waals surface area contributed by atoms with E-state index in [1.54, 1.807) is 30.3 Å². The van der Waals surface area contributed by atoms with Crippen LogP contribution in [-0.4, -0.2) is 131 Å². The van der Waals surface area contributed by atoms with Gasteiger partial charge in [-0.1, -0.05) is 30.3 Å². The van der Waals surface area contributed by atoms with Gasteiger partial charge >= 0.3 is 0 Å². The van der Waals surface area contributed by atoms with Crippen LogP contribution in [-0.2, 0) is 54.4 Å². The summed E-state index contributed by atoms with van der Waals surface area (Å²) in [6, 6.07) is 4.81. The summed E-state index contributed by atoms with van der Waals surface area (Å²) in [5, 5.41) is 34.0. The zero-order valence-electron chi connectivity index (χ0n) is 38.2. The van der Waals surface area contributed by atoms with Crippen LogP contribution in [0.15, 0.2) is 35.3 Å². The first kappa shape index (κ1) is 56.2. The molecule has 0 aromatic heterocycles. The van der Waals surface area contributed by atoms with E-state index in [4.69, 9.17) is 17.2 Å². The fourth-order valence-electron chi connectivity index (χ4n) is 7.35. The maximum Gasteiger partial charge on any atom is 0.243 e. The van der Waals surface area contributed by atoms with Crippen molar-refractivity contribution in [1.82, 2.24) is 26.6 Å². The molecule has 1 fully saturated rings. The number of nitrogens with one attached hydrogen (secondary N) is 5. The summed E-state index contributed by atoms with van der Waals surface area (Å²) >= 11 is 0. The Labute approximate surface area is 386 Å². The number of nitrogens with two attached hydrogens (primary N) is 3. The van der Waals surface area contributed by atoms with E-state index in [-0.39, 0.29) is 90.6 Å². The number of aliphatic hydroxyl groups is 2.